The number of hydrogen-bond donors (Lipinski definition) is 0. The molecule has 0 unspecified atom stereocenters. The third kappa shape index (κ3) is 2.84. The second kappa shape index (κ2) is 7.16. The topological polar surface area (TPSA) is 76.2 Å². The summed E-state index contributed by atoms with van der Waals surface area (Å²) in [4.78, 5) is 43.1. The number of carbonyl (C=O) groups is 3. The average molecular weight is 408 g/mol. The smallest absolute Gasteiger partial charge is 0.257 e. The van der Waals surface area contributed by atoms with Gasteiger partial charge in [-0.25, -0.2) is 0 Å². The van der Waals surface area contributed by atoms with E-state index in [4.69, 9.17) is 9.47 Å². The maximum atomic E-state index is 13.5. The van der Waals surface area contributed by atoms with Crippen LogP contribution in [0.5, 0.6) is 11.5 Å². The molecule has 2 aromatic rings. The van der Waals surface area contributed by atoms with Crippen molar-refractivity contribution < 1.29 is 23.9 Å². The van der Waals surface area contributed by atoms with Crippen LogP contribution in [0.15, 0.2) is 42.5 Å². The van der Waals surface area contributed by atoms with E-state index in [0.717, 1.165) is 0 Å². The van der Waals surface area contributed by atoms with E-state index in [0.29, 0.717) is 28.2 Å². The number of fused-ring (bicyclic) bond motifs is 2. The summed E-state index contributed by atoms with van der Waals surface area (Å²) in [6, 6.07) is 11.5. The highest BCUT2D eigenvalue weighted by Gasteiger charge is 2.55. The molecule has 0 N–H and O–H groups in total. The van der Waals surface area contributed by atoms with Gasteiger partial charge in [0.2, 0.25) is 0 Å². The van der Waals surface area contributed by atoms with Crippen LogP contribution in [0.25, 0.3) is 0 Å². The number of rotatable bonds is 3. The van der Waals surface area contributed by atoms with E-state index in [-0.39, 0.29) is 30.7 Å². The van der Waals surface area contributed by atoms with Crippen molar-refractivity contribution in [3.8, 4) is 11.5 Å². The summed E-state index contributed by atoms with van der Waals surface area (Å²) < 4.78 is 10.6. The van der Waals surface area contributed by atoms with Crippen LogP contribution in [0, 0.1) is 5.41 Å². The molecule has 0 aromatic heterocycles. The lowest BCUT2D eigenvalue weighted by Gasteiger charge is -2.32. The molecule has 1 fully saturated rings. The molecule has 7 heteroatoms. The van der Waals surface area contributed by atoms with Crippen molar-refractivity contribution in [2.45, 2.75) is 13.0 Å². The van der Waals surface area contributed by atoms with E-state index in [2.05, 4.69) is 0 Å². The summed E-state index contributed by atoms with van der Waals surface area (Å²) in [7, 11) is 4.73. The molecule has 2 aliphatic heterocycles. The maximum absolute atomic E-state index is 13.5. The molecule has 0 radical (unpaired) electrons. The van der Waals surface area contributed by atoms with Gasteiger partial charge in [0.25, 0.3) is 11.8 Å². The van der Waals surface area contributed by atoms with Gasteiger partial charge in [0, 0.05) is 25.7 Å². The van der Waals surface area contributed by atoms with Gasteiger partial charge < -0.3 is 19.3 Å². The molecule has 0 aliphatic carbocycles. The van der Waals surface area contributed by atoms with Crippen LogP contribution in [0.3, 0.4) is 0 Å². The second-order valence-electron chi connectivity index (χ2n) is 7.98. The number of likely N-dealkylation sites (N-methyl/N-ethyl adjacent to an activating group) is 1. The van der Waals surface area contributed by atoms with E-state index in [9.17, 15) is 14.4 Å². The zero-order valence-corrected chi connectivity index (χ0v) is 17.5. The molecule has 1 saturated heterocycles. The number of ketones is 1. The van der Waals surface area contributed by atoms with E-state index >= 15 is 0 Å². The zero-order valence-electron chi connectivity index (χ0n) is 17.5. The number of methoxy groups -OCH3 is 2. The molecule has 0 saturated carbocycles. The van der Waals surface area contributed by atoms with Gasteiger partial charge >= 0.3 is 0 Å². The van der Waals surface area contributed by atoms with Crippen molar-refractivity contribution >= 4 is 17.6 Å². The minimum absolute atomic E-state index is 0.117. The van der Waals surface area contributed by atoms with Crippen LogP contribution >= 0.6 is 0 Å². The largest absolute Gasteiger partial charge is 0.497 e. The van der Waals surface area contributed by atoms with Crippen molar-refractivity contribution in [2.24, 2.45) is 5.41 Å². The number of amides is 2. The Balaban J connectivity index is 1.73. The monoisotopic (exact) mass is 408 g/mol. The number of benzene rings is 2. The summed E-state index contributed by atoms with van der Waals surface area (Å²) >= 11 is 0. The Morgan fingerprint density at radius 2 is 1.77 bits per heavy atom. The van der Waals surface area contributed by atoms with Gasteiger partial charge in [-0.1, -0.05) is 18.2 Å². The standard InChI is InChI=1S/C23H24N2O5/c1-23-13-25(22(28)17-11-14(29-3)9-10-18(17)30-4)12-19(23)24(2)21(27)16-8-6-5-7-15(16)20(23)26/h5-11,19H,12-13H2,1-4H3/t19-,23+/m1/s1. The number of nitrogens with zero attached hydrogens (tertiary/aromatic N) is 2. The zero-order chi connectivity index (χ0) is 21.6. The van der Waals surface area contributed by atoms with Crippen molar-refractivity contribution in [3.63, 3.8) is 0 Å². The van der Waals surface area contributed by atoms with Gasteiger partial charge in [0.15, 0.2) is 5.78 Å². The Labute approximate surface area is 175 Å². The predicted octanol–water partition coefficient (Wildman–Crippen LogP) is 2.50. The van der Waals surface area contributed by atoms with E-state index in [1.807, 2.05) is 6.92 Å². The number of ether oxygens (including phenoxy) is 2. The van der Waals surface area contributed by atoms with Crippen LogP contribution in [0.2, 0.25) is 0 Å². The average Bonchev–Trinajstić information content (AvgIpc) is 3.12. The Kier molecular flexibility index (Phi) is 4.76. The number of carbonyl (C=O) groups excluding carboxylic acids is 3. The lowest BCUT2D eigenvalue weighted by Crippen LogP contribution is -2.48. The lowest BCUT2D eigenvalue weighted by molar-refractivity contribution is 0.0606. The molecular weight excluding hydrogens is 384 g/mol. The van der Waals surface area contributed by atoms with Gasteiger partial charge in [-0.2, -0.15) is 0 Å². The fourth-order valence-electron chi connectivity index (χ4n) is 4.56. The maximum Gasteiger partial charge on any atom is 0.257 e. The van der Waals surface area contributed by atoms with Crippen molar-refractivity contribution in [3.05, 3.63) is 59.2 Å². The van der Waals surface area contributed by atoms with Gasteiger partial charge in [-0.3, -0.25) is 14.4 Å². The Morgan fingerprint density at radius 3 is 2.43 bits per heavy atom. The highest BCUT2D eigenvalue weighted by atomic mass is 16.5. The number of hydrogen-bond acceptors (Lipinski definition) is 5. The molecule has 0 bridgehead atoms. The van der Waals surface area contributed by atoms with Crippen LogP contribution in [-0.2, 0) is 0 Å². The molecule has 2 amide bonds. The fourth-order valence-corrected chi connectivity index (χ4v) is 4.56. The van der Waals surface area contributed by atoms with E-state index < -0.39 is 11.5 Å². The summed E-state index contributed by atoms with van der Waals surface area (Å²) in [6.45, 7) is 2.31. The van der Waals surface area contributed by atoms with Crippen LogP contribution in [0.4, 0.5) is 0 Å². The second-order valence-corrected chi connectivity index (χ2v) is 7.98. The minimum Gasteiger partial charge on any atom is -0.497 e. The third-order valence-electron chi connectivity index (χ3n) is 6.28. The first-order valence-electron chi connectivity index (χ1n) is 9.74. The van der Waals surface area contributed by atoms with E-state index in [1.54, 1.807) is 59.3 Å². The van der Waals surface area contributed by atoms with Crippen LogP contribution in [-0.4, -0.2) is 67.8 Å². The highest BCUT2D eigenvalue weighted by Crippen LogP contribution is 2.41. The first-order valence-corrected chi connectivity index (χ1v) is 9.74. The Hall–Kier alpha value is -3.35. The molecule has 2 heterocycles. The summed E-state index contributed by atoms with van der Waals surface area (Å²) in [5, 5.41) is 0. The summed E-state index contributed by atoms with van der Waals surface area (Å²) in [5.41, 5.74) is 0.276. The lowest BCUT2D eigenvalue weighted by atomic mass is 9.78. The third-order valence-corrected chi connectivity index (χ3v) is 6.28. The summed E-state index contributed by atoms with van der Waals surface area (Å²) in [5.74, 6) is 0.381. The molecule has 7 nitrogen and oxygen atoms in total. The normalized spacial score (nSPS) is 23.0. The van der Waals surface area contributed by atoms with Crippen LogP contribution in [0.1, 0.15) is 38.0 Å². The van der Waals surface area contributed by atoms with Crippen molar-refractivity contribution in [1.82, 2.24) is 9.80 Å². The molecule has 2 aliphatic rings. The molecule has 2 aromatic carbocycles. The van der Waals surface area contributed by atoms with Gasteiger partial charge in [-0.15, -0.1) is 0 Å². The van der Waals surface area contributed by atoms with Crippen molar-refractivity contribution in [1.29, 1.82) is 0 Å². The number of Topliss-reactive ketones (excluding diaryl/α,β-unsaturated/α-hetero) is 1. The quantitative estimate of drug-likeness (QED) is 0.780. The molecule has 0 spiro atoms. The number of likely N-dealkylation sites (tertiary alicyclic amines) is 1. The molecular formula is C23H24N2O5. The van der Waals surface area contributed by atoms with Crippen LogP contribution < -0.4 is 9.47 Å². The summed E-state index contributed by atoms with van der Waals surface area (Å²) in [6.07, 6.45) is 0. The Bertz CT molecular complexity index is 1050. The fraction of sp³-hybridized carbons (Fsp3) is 0.348. The molecule has 2 atom stereocenters. The molecule has 156 valence electrons. The van der Waals surface area contributed by atoms with Crippen molar-refractivity contribution in [2.75, 3.05) is 34.4 Å². The SMILES string of the molecule is COc1ccc(OC)c(C(=O)N2C[C@H]3N(C)C(=O)c4ccccc4C(=O)[C@@]3(C)C2)c1. The van der Waals surface area contributed by atoms with E-state index in [1.165, 1.54) is 14.2 Å². The first-order chi connectivity index (χ1) is 14.3. The van der Waals surface area contributed by atoms with Gasteiger partial charge in [-0.05, 0) is 31.2 Å². The minimum atomic E-state index is -0.904. The molecule has 4 rings (SSSR count). The predicted molar refractivity (Wildman–Crippen MR) is 110 cm³/mol. The highest BCUT2D eigenvalue weighted by molar-refractivity contribution is 6.13. The Morgan fingerprint density at radius 1 is 1.07 bits per heavy atom. The molecule has 30 heavy (non-hydrogen) atoms. The van der Waals surface area contributed by atoms with Gasteiger partial charge in [0.1, 0.15) is 11.5 Å². The first kappa shape index (κ1) is 19.9. The van der Waals surface area contributed by atoms with Gasteiger partial charge in [0.05, 0.1) is 36.8 Å².